The number of furan rings is 1. The van der Waals surface area contributed by atoms with Gasteiger partial charge in [-0.2, -0.15) is 0 Å². The van der Waals surface area contributed by atoms with Crippen molar-refractivity contribution in [1.82, 2.24) is 0 Å². The van der Waals surface area contributed by atoms with Gasteiger partial charge in [-0.05, 0) is 51.5 Å². The van der Waals surface area contributed by atoms with Gasteiger partial charge in [-0.1, -0.05) is 24.3 Å². The maximum Gasteiger partial charge on any atom is 0.197 e. The van der Waals surface area contributed by atoms with Crippen LogP contribution in [0.15, 0.2) is 46.9 Å². The van der Waals surface area contributed by atoms with Crippen molar-refractivity contribution in [3.63, 3.8) is 0 Å². The monoisotopic (exact) mass is 392 g/mol. The van der Waals surface area contributed by atoms with Crippen LogP contribution < -0.4 is 4.74 Å². The third-order valence-electron chi connectivity index (χ3n) is 5.80. The number of benzene rings is 2. The van der Waals surface area contributed by atoms with Gasteiger partial charge in [0.05, 0.1) is 12.2 Å². The highest BCUT2D eigenvalue weighted by atomic mass is 16.7. The number of hydrogen-bond acceptors (Lipinski definition) is 5. The molecule has 2 heterocycles. The zero-order valence-electron chi connectivity index (χ0n) is 17.1. The quantitative estimate of drug-likeness (QED) is 0.639. The molecular formula is C24H24O5. The molecule has 1 aliphatic carbocycles. The normalized spacial score (nSPS) is 21.8. The number of fused-ring (bicyclic) bond motifs is 4. The fourth-order valence-corrected chi connectivity index (χ4v) is 4.35. The predicted molar refractivity (Wildman–Crippen MR) is 109 cm³/mol. The molecule has 1 saturated heterocycles. The average Bonchev–Trinajstić information content (AvgIpc) is 3.25. The standard InChI is InChI=1S/C24H24O5/c1-23(2)18-10-9-14(26-12-15-13-27-24(3,4)29-15)11-17(18)21(25)20-16-7-5-6-8-19(16)28-22(20)23/h5-11,15H,12-13H2,1-4H3/t15-/m0/s1. The minimum absolute atomic E-state index is 0.0219. The van der Waals surface area contributed by atoms with Crippen molar-refractivity contribution in [3.05, 3.63) is 64.9 Å². The van der Waals surface area contributed by atoms with Crippen LogP contribution in [0.3, 0.4) is 0 Å². The van der Waals surface area contributed by atoms with Crippen LogP contribution in [-0.2, 0) is 14.9 Å². The smallest absolute Gasteiger partial charge is 0.197 e. The van der Waals surface area contributed by atoms with Crippen molar-refractivity contribution in [2.75, 3.05) is 13.2 Å². The lowest BCUT2D eigenvalue weighted by atomic mass is 9.72. The molecule has 2 aromatic carbocycles. The highest BCUT2D eigenvalue weighted by molar-refractivity contribution is 6.19. The molecule has 5 heteroatoms. The maximum absolute atomic E-state index is 13.4. The van der Waals surface area contributed by atoms with Gasteiger partial charge in [-0.3, -0.25) is 4.79 Å². The highest BCUT2D eigenvalue weighted by Gasteiger charge is 2.41. The Balaban J connectivity index is 1.49. The summed E-state index contributed by atoms with van der Waals surface area (Å²) in [5.41, 5.74) is 2.59. The maximum atomic E-state index is 13.4. The molecule has 0 radical (unpaired) electrons. The zero-order chi connectivity index (χ0) is 20.4. The van der Waals surface area contributed by atoms with Crippen LogP contribution >= 0.6 is 0 Å². The Hall–Kier alpha value is -2.63. The van der Waals surface area contributed by atoms with Crippen LogP contribution in [0.4, 0.5) is 0 Å². The van der Waals surface area contributed by atoms with E-state index in [2.05, 4.69) is 13.8 Å². The number of carbonyl (C=O) groups is 1. The van der Waals surface area contributed by atoms with Gasteiger partial charge in [0.25, 0.3) is 0 Å². The van der Waals surface area contributed by atoms with E-state index in [1.54, 1.807) is 0 Å². The minimum atomic E-state index is -0.581. The Labute approximate surface area is 169 Å². The number of rotatable bonds is 3. The first-order valence-corrected chi connectivity index (χ1v) is 9.92. The van der Waals surface area contributed by atoms with Crippen molar-refractivity contribution < 1.29 is 23.4 Å². The second kappa shape index (κ2) is 6.18. The highest BCUT2D eigenvalue weighted by Crippen LogP contribution is 2.46. The average molecular weight is 392 g/mol. The lowest BCUT2D eigenvalue weighted by molar-refractivity contribution is -0.141. The third kappa shape index (κ3) is 2.88. The van der Waals surface area contributed by atoms with E-state index in [4.69, 9.17) is 18.6 Å². The molecule has 29 heavy (non-hydrogen) atoms. The van der Waals surface area contributed by atoms with E-state index in [-0.39, 0.29) is 11.9 Å². The van der Waals surface area contributed by atoms with Crippen LogP contribution in [0.5, 0.6) is 5.75 Å². The van der Waals surface area contributed by atoms with Crippen molar-refractivity contribution in [3.8, 4) is 5.75 Å². The van der Waals surface area contributed by atoms with Gasteiger partial charge in [0.2, 0.25) is 0 Å². The summed E-state index contributed by atoms with van der Waals surface area (Å²) in [6, 6.07) is 13.4. The summed E-state index contributed by atoms with van der Waals surface area (Å²) in [6.45, 7) is 8.82. The molecular weight excluding hydrogens is 368 g/mol. The zero-order valence-corrected chi connectivity index (χ0v) is 17.1. The largest absolute Gasteiger partial charge is 0.491 e. The van der Waals surface area contributed by atoms with Gasteiger partial charge in [-0.25, -0.2) is 0 Å². The molecule has 0 amide bonds. The predicted octanol–water partition coefficient (Wildman–Crippen LogP) is 4.83. The van der Waals surface area contributed by atoms with Gasteiger partial charge in [-0.15, -0.1) is 0 Å². The van der Waals surface area contributed by atoms with Crippen LogP contribution in [-0.4, -0.2) is 30.9 Å². The number of hydrogen-bond donors (Lipinski definition) is 0. The van der Waals surface area contributed by atoms with Gasteiger partial charge in [0.15, 0.2) is 11.6 Å². The van der Waals surface area contributed by atoms with Crippen molar-refractivity contribution >= 4 is 16.8 Å². The first-order chi connectivity index (χ1) is 13.8. The molecule has 1 aliphatic heterocycles. The summed E-state index contributed by atoms with van der Waals surface area (Å²) in [7, 11) is 0. The van der Waals surface area contributed by atoms with Gasteiger partial charge >= 0.3 is 0 Å². The Morgan fingerprint density at radius 3 is 2.66 bits per heavy atom. The fourth-order valence-electron chi connectivity index (χ4n) is 4.35. The number of ether oxygens (including phenoxy) is 3. The van der Waals surface area contributed by atoms with Crippen LogP contribution in [0, 0.1) is 0 Å². The number of ketones is 1. The summed E-state index contributed by atoms with van der Waals surface area (Å²) in [6.07, 6.45) is -0.127. The van der Waals surface area contributed by atoms with Crippen LogP contribution in [0.25, 0.3) is 11.0 Å². The van der Waals surface area contributed by atoms with Crippen molar-refractivity contribution in [1.29, 1.82) is 0 Å². The van der Waals surface area contributed by atoms with E-state index in [0.29, 0.717) is 30.1 Å². The van der Waals surface area contributed by atoms with E-state index in [1.165, 1.54) is 0 Å². The van der Waals surface area contributed by atoms with E-state index in [9.17, 15) is 4.79 Å². The number of carbonyl (C=O) groups excluding carboxylic acids is 1. The topological polar surface area (TPSA) is 57.9 Å². The summed E-state index contributed by atoms with van der Waals surface area (Å²) in [4.78, 5) is 13.4. The molecule has 0 unspecified atom stereocenters. The Kier molecular flexibility index (Phi) is 3.92. The summed E-state index contributed by atoms with van der Waals surface area (Å²) in [5, 5.41) is 0.858. The molecule has 0 spiro atoms. The molecule has 1 atom stereocenters. The molecule has 5 rings (SSSR count). The summed E-state index contributed by atoms with van der Waals surface area (Å²) >= 11 is 0. The van der Waals surface area contributed by atoms with E-state index >= 15 is 0 Å². The second-order valence-corrected chi connectivity index (χ2v) is 8.73. The summed E-state index contributed by atoms with van der Waals surface area (Å²) in [5.74, 6) is 0.773. The molecule has 3 aromatic rings. The molecule has 5 nitrogen and oxygen atoms in total. The van der Waals surface area contributed by atoms with E-state index in [0.717, 1.165) is 22.3 Å². The van der Waals surface area contributed by atoms with Gasteiger partial charge in [0, 0.05) is 16.4 Å². The van der Waals surface area contributed by atoms with Crippen molar-refractivity contribution in [2.24, 2.45) is 0 Å². The Bertz CT molecular complexity index is 1120. The van der Waals surface area contributed by atoms with E-state index in [1.807, 2.05) is 56.3 Å². The van der Waals surface area contributed by atoms with Crippen molar-refractivity contribution in [2.45, 2.75) is 45.0 Å². The molecule has 0 saturated carbocycles. The fraction of sp³-hybridized carbons (Fsp3) is 0.375. The lowest BCUT2D eigenvalue weighted by Gasteiger charge is -2.30. The lowest BCUT2D eigenvalue weighted by Crippen LogP contribution is -2.29. The first-order valence-electron chi connectivity index (χ1n) is 9.92. The van der Waals surface area contributed by atoms with E-state index < -0.39 is 11.2 Å². The number of para-hydroxylation sites is 1. The molecule has 2 aliphatic rings. The molecule has 1 fully saturated rings. The van der Waals surface area contributed by atoms with Gasteiger partial charge < -0.3 is 18.6 Å². The molecule has 0 N–H and O–H groups in total. The summed E-state index contributed by atoms with van der Waals surface area (Å²) < 4.78 is 23.4. The first kappa shape index (κ1) is 18.4. The van der Waals surface area contributed by atoms with Gasteiger partial charge in [0.1, 0.15) is 29.8 Å². The Morgan fingerprint density at radius 1 is 1.10 bits per heavy atom. The molecule has 150 valence electrons. The second-order valence-electron chi connectivity index (χ2n) is 8.73. The third-order valence-corrected chi connectivity index (χ3v) is 5.80. The SMILES string of the molecule is CC1(C)OC[C@H](COc2ccc3c(c2)C(=O)c2c(oc4ccccc24)C3(C)C)O1. The minimum Gasteiger partial charge on any atom is -0.491 e. The van der Waals surface area contributed by atoms with Crippen LogP contribution in [0.1, 0.15) is 54.9 Å². The molecule has 1 aromatic heterocycles. The Morgan fingerprint density at radius 2 is 1.90 bits per heavy atom. The molecule has 0 bridgehead atoms. The van der Waals surface area contributed by atoms with Crippen LogP contribution in [0.2, 0.25) is 0 Å².